The van der Waals surface area contributed by atoms with E-state index in [1.807, 2.05) is 11.0 Å². The molecule has 1 aliphatic heterocycles. The zero-order valence-corrected chi connectivity index (χ0v) is 15.5. The molecular formula is C20H26N4O3. The van der Waals surface area contributed by atoms with Crippen LogP contribution in [-0.4, -0.2) is 47.4 Å². The molecule has 27 heavy (non-hydrogen) atoms. The number of likely N-dealkylation sites (tertiary alicyclic amines) is 1. The summed E-state index contributed by atoms with van der Waals surface area (Å²) in [4.78, 5) is 30.6. The van der Waals surface area contributed by atoms with Crippen LogP contribution in [-0.2, 0) is 9.59 Å². The highest BCUT2D eigenvalue weighted by molar-refractivity contribution is 5.79. The standard InChI is InChI=1S/C20H26N4O3/c21-13-17-18(7-4-10-22-17)27-14-19(25)23-16-8-11-24(12-9-16)20(26)15-5-2-1-3-6-15/h4,7,10,15-16H,1-3,5-6,8-9,11-12,14H2,(H,23,25). The van der Waals surface area contributed by atoms with Crippen molar-refractivity contribution in [3.8, 4) is 11.8 Å². The van der Waals surface area contributed by atoms with Gasteiger partial charge >= 0.3 is 0 Å². The van der Waals surface area contributed by atoms with Crippen LogP contribution in [0.25, 0.3) is 0 Å². The number of carbonyl (C=O) groups is 2. The molecule has 2 aliphatic rings. The molecule has 3 rings (SSSR count). The highest BCUT2D eigenvalue weighted by Crippen LogP contribution is 2.26. The van der Waals surface area contributed by atoms with Crippen molar-refractivity contribution in [3.05, 3.63) is 24.0 Å². The second-order valence-electron chi connectivity index (χ2n) is 7.25. The minimum absolute atomic E-state index is 0.0563. The molecule has 7 nitrogen and oxygen atoms in total. The average molecular weight is 370 g/mol. The van der Waals surface area contributed by atoms with Gasteiger partial charge in [-0.2, -0.15) is 5.26 Å². The number of carbonyl (C=O) groups excluding carboxylic acids is 2. The summed E-state index contributed by atoms with van der Waals surface area (Å²) in [5.41, 5.74) is 0.167. The first kappa shape index (κ1) is 19.2. The predicted molar refractivity (Wildman–Crippen MR) is 98.8 cm³/mol. The maximum atomic E-state index is 12.6. The molecular weight excluding hydrogens is 344 g/mol. The predicted octanol–water partition coefficient (Wildman–Crippen LogP) is 2.02. The number of aromatic nitrogens is 1. The number of pyridine rings is 1. The third-order valence-electron chi connectivity index (χ3n) is 5.36. The molecule has 2 heterocycles. The van der Waals surface area contributed by atoms with Crippen LogP contribution in [0.15, 0.2) is 18.3 Å². The molecule has 2 amide bonds. The summed E-state index contributed by atoms with van der Waals surface area (Å²) in [5.74, 6) is 0.582. The summed E-state index contributed by atoms with van der Waals surface area (Å²) >= 11 is 0. The highest BCUT2D eigenvalue weighted by Gasteiger charge is 2.29. The Morgan fingerprint density at radius 2 is 1.96 bits per heavy atom. The van der Waals surface area contributed by atoms with Crippen molar-refractivity contribution < 1.29 is 14.3 Å². The van der Waals surface area contributed by atoms with Gasteiger partial charge in [-0.1, -0.05) is 19.3 Å². The third kappa shape index (κ3) is 5.19. The van der Waals surface area contributed by atoms with E-state index in [0.29, 0.717) is 24.7 Å². The van der Waals surface area contributed by atoms with Crippen molar-refractivity contribution in [3.63, 3.8) is 0 Å². The molecule has 0 bridgehead atoms. The lowest BCUT2D eigenvalue weighted by molar-refractivity contribution is -0.137. The zero-order chi connectivity index (χ0) is 19.1. The lowest BCUT2D eigenvalue weighted by Gasteiger charge is -2.35. The van der Waals surface area contributed by atoms with E-state index in [1.165, 1.54) is 12.6 Å². The molecule has 1 saturated carbocycles. The van der Waals surface area contributed by atoms with E-state index in [-0.39, 0.29) is 30.2 Å². The highest BCUT2D eigenvalue weighted by atomic mass is 16.5. The summed E-state index contributed by atoms with van der Waals surface area (Å²) in [6.07, 6.45) is 8.64. The molecule has 1 aliphatic carbocycles. The molecule has 2 fully saturated rings. The van der Waals surface area contributed by atoms with E-state index in [0.717, 1.165) is 38.5 Å². The van der Waals surface area contributed by atoms with E-state index >= 15 is 0 Å². The monoisotopic (exact) mass is 370 g/mol. The fourth-order valence-corrected chi connectivity index (χ4v) is 3.86. The van der Waals surface area contributed by atoms with E-state index < -0.39 is 0 Å². The Balaban J connectivity index is 1.40. The van der Waals surface area contributed by atoms with Gasteiger partial charge in [0.2, 0.25) is 5.91 Å². The van der Waals surface area contributed by atoms with Gasteiger partial charge in [-0.15, -0.1) is 0 Å². The van der Waals surface area contributed by atoms with E-state index in [2.05, 4.69) is 10.3 Å². The van der Waals surface area contributed by atoms with E-state index in [1.54, 1.807) is 12.1 Å². The van der Waals surface area contributed by atoms with Crippen molar-refractivity contribution in [2.75, 3.05) is 19.7 Å². The molecule has 7 heteroatoms. The molecule has 0 atom stereocenters. The van der Waals surface area contributed by atoms with Gasteiger partial charge in [-0.25, -0.2) is 4.98 Å². The van der Waals surface area contributed by atoms with Gasteiger partial charge in [-0.05, 0) is 37.8 Å². The van der Waals surface area contributed by atoms with Crippen LogP contribution in [0.3, 0.4) is 0 Å². The van der Waals surface area contributed by atoms with E-state index in [9.17, 15) is 9.59 Å². The van der Waals surface area contributed by atoms with E-state index in [4.69, 9.17) is 10.00 Å². The maximum absolute atomic E-state index is 12.6. The number of nitriles is 1. The number of amides is 2. The summed E-state index contributed by atoms with van der Waals surface area (Å²) < 4.78 is 5.41. The first-order chi connectivity index (χ1) is 13.2. The lowest BCUT2D eigenvalue weighted by atomic mass is 9.87. The van der Waals surface area contributed by atoms with Crippen molar-refractivity contribution >= 4 is 11.8 Å². The van der Waals surface area contributed by atoms with Crippen LogP contribution in [0.2, 0.25) is 0 Å². The minimum atomic E-state index is -0.222. The number of nitrogens with zero attached hydrogens (tertiary/aromatic N) is 3. The van der Waals surface area contributed by atoms with Crippen LogP contribution in [0.4, 0.5) is 0 Å². The maximum Gasteiger partial charge on any atom is 0.258 e. The molecule has 0 spiro atoms. The quantitative estimate of drug-likeness (QED) is 0.855. The summed E-state index contributed by atoms with van der Waals surface area (Å²) in [6, 6.07) is 5.27. The molecule has 1 N–H and O–H groups in total. The van der Waals surface area contributed by atoms with Gasteiger partial charge in [-0.3, -0.25) is 9.59 Å². The van der Waals surface area contributed by atoms with Crippen LogP contribution in [0.5, 0.6) is 5.75 Å². The van der Waals surface area contributed by atoms with Gasteiger partial charge < -0.3 is 15.0 Å². The lowest BCUT2D eigenvalue weighted by Crippen LogP contribution is -2.49. The van der Waals surface area contributed by atoms with Crippen molar-refractivity contribution in [2.24, 2.45) is 5.92 Å². The summed E-state index contributed by atoms with van der Waals surface area (Å²) in [7, 11) is 0. The Morgan fingerprint density at radius 3 is 2.67 bits per heavy atom. The molecule has 1 aromatic rings. The summed E-state index contributed by atoms with van der Waals surface area (Å²) in [6.45, 7) is 1.24. The number of nitrogens with one attached hydrogen (secondary N) is 1. The first-order valence-corrected chi connectivity index (χ1v) is 9.73. The number of piperidine rings is 1. The number of hydrogen-bond donors (Lipinski definition) is 1. The molecule has 1 aromatic heterocycles. The zero-order valence-electron chi connectivity index (χ0n) is 15.5. The van der Waals surface area contributed by atoms with Crippen LogP contribution < -0.4 is 10.1 Å². The second-order valence-corrected chi connectivity index (χ2v) is 7.25. The Morgan fingerprint density at radius 1 is 1.22 bits per heavy atom. The molecule has 144 valence electrons. The topological polar surface area (TPSA) is 95.3 Å². The van der Waals surface area contributed by atoms with Gasteiger partial charge in [0, 0.05) is 31.2 Å². The Bertz CT molecular complexity index is 701. The SMILES string of the molecule is N#Cc1ncccc1OCC(=O)NC1CCN(C(=O)C2CCCCC2)CC1. The number of hydrogen-bond acceptors (Lipinski definition) is 5. The van der Waals surface area contributed by atoms with Gasteiger partial charge in [0.05, 0.1) is 0 Å². The van der Waals surface area contributed by atoms with Gasteiger partial charge in [0.25, 0.3) is 5.91 Å². The number of rotatable bonds is 5. The van der Waals surface area contributed by atoms with Crippen molar-refractivity contribution in [1.29, 1.82) is 5.26 Å². The largest absolute Gasteiger partial charge is 0.481 e. The van der Waals surface area contributed by atoms with Crippen LogP contribution in [0, 0.1) is 17.2 Å². The average Bonchev–Trinajstić information content (AvgIpc) is 2.73. The van der Waals surface area contributed by atoms with Crippen molar-refractivity contribution in [2.45, 2.75) is 51.0 Å². The van der Waals surface area contributed by atoms with Crippen LogP contribution in [0.1, 0.15) is 50.6 Å². The molecule has 0 radical (unpaired) electrons. The Kier molecular flexibility index (Phi) is 6.64. The first-order valence-electron chi connectivity index (χ1n) is 9.73. The number of ether oxygens (including phenoxy) is 1. The van der Waals surface area contributed by atoms with Gasteiger partial charge in [0.15, 0.2) is 18.1 Å². The Labute approximate surface area is 159 Å². The van der Waals surface area contributed by atoms with Crippen LogP contribution >= 0.6 is 0 Å². The molecule has 0 aromatic carbocycles. The normalized spacial score (nSPS) is 18.6. The smallest absolute Gasteiger partial charge is 0.258 e. The Hall–Kier alpha value is -2.62. The van der Waals surface area contributed by atoms with Crippen molar-refractivity contribution in [1.82, 2.24) is 15.2 Å². The molecule has 1 saturated heterocycles. The summed E-state index contributed by atoms with van der Waals surface area (Å²) in [5, 5.41) is 11.9. The molecule has 0 unspecified atom stereocenters. The second kappa shape index (κ2) is 9.36. The third-order valence-corrected chi connectivity index (χ3v) is 5.36. The fourth-order valence-electron chi connectivity index (χ4n) is 3.86. The fraction of sp³-hybridized carbons (Fsp3) is 0.600. The van der Waals surface area contributed by atoms with Gasteiger partial charge in [0.1, 0.15) is 6.07 Å². The minimum Gasteiger partial charge on any atom is -0.481 e.